The Hall–Kier alpha value is -5.48. The van der Waals surface area contributed by atoms with E-state index in [1.54, 1.807) is 35.6 Å². The summed E-state index contributed by atoms with van der Waals surface area (Å²) in [4.78, 5) is 69.9. The van der Waals surface area contributed by atoms with Crippen LogP contribution in [0.3, 0.4) is 0 Å². The highest BCUT2D eigenvalue weighted by Gasteiger charge is 2.39. The predicted molar refractivity (Wildman–Crippen MR) is 219 cm³/mol. The molecule has 16 heteroatoms. The first kappa shape index (κ1) is 40.0. The van der Waals surface area contributed by atoms with E-state index < -0.39 is 40.9 Å². The van der Waals surface area contributed by atoms with Crippen LogP contribution in [-0.2, 0) is 20.0 Å². The third kappa shape index (κ3) is 7.70. The second-order valence-electron chi connectivity index (χ2n) is 17.7. The van der Waals surface area contributed by atoms with Crippen molar-refractivity contribution in [3.8, 4) is 0 Å². The number of fused-ring (bicyclic) bond motifs is 1. The Kier molecular flexibility index (Phi) is 10.3. The SMILES string of the molecule is CC(C)(O)c1cc2nn(C3CCN(C4CCN(C(=O)C5CN(c6cc(F)c([C@H]7CCC(=O)NC7=O)c(F)c6)C5)CC4)CC3)cc2cc1NC(=O)c1cccn(C2CC2)c1=O. The molecule has 60 heavy (non-hydrogen) atoms. The first-order valence-corrected chi connectivity index (χ1v) is 21.1. The molecule has 0 unspecified atom stereocenters. The molecule has 5 aliphatic rings. The molecule has 4 amide bonds. The smallest absolute Gasteiger partial charge is 0.263 e. The molecule has 6 heterocycles. The standard InChI is InChI=1S/C44H50F2N8O6/c1-44(2,60)33-21-36-25(18-37(33)47-41(57)32-4-3-13-53(43(32)59)28-5-6-28)24-54(49-36)29-11-14-50(15-12-29)27-9-16-51(17-10-27)42(58)26-22-52(23-26)30-19-34(45)39(35(46)20-30)31-7-8-38(55)48-40(31)56/h3-4,13,18-21,24,26-29,31,60H,5-12,14-17,22-23H2,1-2H3,(H,47,57)(H,48,55,56)/t31-/m1/s1. The summed E-state index contributed by atoms with van der Waals surface area (Å²) in [6.07, 6.45) is 9.13. The van der Waals surface area contributed by atoms with E-state index in [9.17, 15) is 29.1 Å². The number of benzene rings is 2. The number of likely N-dealkylation sites (tertiary alicyclic amines) is 2. The lowest BCUT2D eigenvalue weighted by atomic mass is 9.89. The molecule has 4 saturated heterocycles. The van der Waals surface area contributed by atoms with E-state index in [2.05, 4.69) is 15.5 Å². The van der Waals surface area contributed by atoms with Crippen LogP contribution >= 0.6 is 0 Å². The maximum absolute atomic E-state index is 15.1. The minimum absolute atomic E-state index is 0.0230. The molecule has 1 saturated carbocycles. The van der Waals surface area contributed by atoms with Crippen LogP contribution in [0, 0.1) is 17.6 Å². The highest BCUT2D eigenvalue weighted by atomic mass is 19.1. The monoisotopic (exact) mass is 824 g/mol. The number of nitrogens with one attached hydrogen (secondary N) is 2. The van der Waals surface area contributed by atoms with Crippen molar-refractivity contribution in [2.75, 3.05) is 49.5 Å². The molecule has 0 bridgehead atoms. The van der Waals surface area contributed by atoms with Gasteiger partial charge in [-0.2, -0.15) is 5.10 Å². The zero-order valence-corrected chi connectivity index (χ0v) is 33.8. The number of aromatic nitrogens is 3. The topological polar surface area (TPSA) is 162 Å². The Labute approximate surface area is 345 Å². The summed E-state index contributed by atoms with van der Waals surface area (Å²) in [7, 11) is 0. The van der Waals surface area contributed by atoms with Crippen molar-refractivity contribution in [1.29, 1.82) is 0 Å². The molecule has 4 aliphatic heterocycles. The van der Waals surface area contributed by atoms with E-state index >= 15 is 8.78 Å². The lowest BCUT2D eigenvalue weighted by molar-refractivity contribution is -0.138. The molecular weight excluding hydrogens is 775 g/mol. The molecule has 3 N–H and O–H groups in total. The van der Waals surface area contributed by atoms with Crippen molar-refractivity contribution >= 4 is 45.9 Å². The number of imide groups is 1. The highest BCUT2D eigenvalue weighted by Crippen LogP contribution is 2.37. The number of aliphatic hydroxyl groups is 1. The van der Waals surface area contributed by atoms with Gasteiger partial charge < -0.3 is 29.7 Å². The van der Waals surface area contributed by atoms with E-state index in [1.165, 1.54) is 18.2 Å². The number of amides is 4. The zero-order chi connectivity index (χ0) is 42.0. The Morgan fingerprint density at radius 3 is 2.22 bits per heavy atom. The number of pyridine rings is 1. The molecule has 9 rings (SSSR count). The number of rotatable bonds is 9. The number of halogens is 2. The van der Waals surface area contributed by atoms with Crippen molar-refractivity contribution in [3.63, 3.8) is 0 Å². The van der Waals surface area contributed by atoms with Gasteiger partial charge in [-0.15, -0.1) is 0 Å². The van der Waals surface area contributed by atoms with Crippen molar-refractivity contribution in [2.24, 2.45) is 5.92 Å². The van der Waals surface area contributed by atoms with Crippen LogP contribution in [0.15, 0.2) is 53.6 Å². The van der Waals surface area contributed by atoms with Crippen molar-refractivity contribution in [3.05, 3.63) is 87.5 Å². The first-order valence-electron chi connectivity index (χ1n) is 21.1. The number of carbonyl (C=O) groups excluding carboxylic acids is 4. The van der Waals surface area contributed by atoms with E-state index in [0.717, 1.165) is 57.0 Å². The van der Waals surface area contributed by atoms with Crippen LogP contribution in [0.1, 0.15) is 105 Å². The third-order valence-corrected chi connectivity index (χ3v) is 13.1. The third-order valence-electron chi connectivity index (χ3n) is 13.1. The maximum atomic E-state index is 15.1. The van der Waals surface area contributed by atoms with Crippen LogP contribution in [0.2, 0.25) is 0 Å². The lowest BCUT2D eigenvalue weighted by Crippen LogP contribution is -2.57. The van der Waals surface area contributed by atoms with Crippen LogP contribution in [-0.4, -0.2) is 98.2 Å². The summed E-state index contributed by atoms with van der Waals surface area (Å²) in [5.74, 6) is -4.59. The number of carbonyl (C=O) groups is 4. The minimum Gasteiger partial charge on any atom is -0.386 e. The van der Waals surface area contributed by atoms with Crippen LogP contribution < -0.4 is 21.1 Å². The summed E-state index contributed by atoms with van der Waals surface area (Å²) in [6, 6.07) is 9.95. The molecule has 5 fully saturated rings. The van der Waals surface area contributed by atoms with Gasteiger partial charge in [0.1, 0.15) is 17.2 Å². The van der Waals surface area contributed by atoms with Gasteiger partial charge in [0.2, 0.25) is 17.7 Å². The molecule has 0 spiro atoms. The fourth-order valence-electron chi connectivity index (χ4n) is 9.53. The predicted octanol–water partition coefficient (Wildman–Crippen LogP) is 4.58. The number of nitrogens with zero attached hydrogens (tertiary/aromatic N) is 6. The van der Waals surface area contributed by atoms with Gasteiger partial charge in [-0.1, -0.05) is 0 Å². The van der Waals surface area contributed by atoms with Gasteiger partial charge in [0, 0.05) is 98.1 Å². The lowest BCUT2D eigenvalue weighted by Gasteiger charge is -2.45. The summed E-state index contributed by atoms with van der Waals surface area (Å²) in [5.41, 5.74) is 0.0877. The molecule has 0 radical (unpaired) electrons. The zero-order valence-electron chi connectivity index (χ0n) is 33.8. The average Bonchev–Trinajstić information content (AvgIpc) is 3.95. The fourth-order valence-corrected chi connectivity index (χ4v) is 9.53. The number of piperidine rings is 3. The maximum Gasteiger partial charge on any atom is 0.263 e. The van der Waals surface area contributed by atoms with Crippen LogP contribution in [0.5, 0.6) is 0 Å². The average molecular weight is 825 g/mol. The van der Waals surface area contributed by atoms with Gasteiger partial charge in [0.05, 0.1) is 29.0 Å². The summed E-state index contributed by atoms with van der Waals surface area (Å²) >= 11 is 0. The molecule has 2 aromatic heterocycles. The second-order valence-corrected chi connectivity index (χ2v) is 17.7. The van der Waals surface area contributed by atoms with Crippen molar-refractivity contribution in [2.45, 2.75) is 94.9 Å². The number of hydrogen-bond donors (Lipinski definition) is 3. The van der Waals surface area contributed by atoms with E-state index in [-0.39, 0.29) is 53.4 Å². The Bertz CT molecular complexity index is 2410. The summed E-state index contributed by atoms with van der Waals surface area (Å²) in [5, 5.41) is 21.9. The van der Waals surface area contributed by atoms with Gasteiger partial charge in [-0.3, -0.25) is 34.0 Å². The number of anilines is 2. The molecule has 1 aliphatic carbocycles. The Balaban J connectivity index is 0.775. The molecule has 2 aromatic carbocycles. The van der Waals surface area contributed by atoms with E-state index in [1.807, 2.05) is 27.9 Å². The molecule has 4 aromatic rings. The van der Waals surface area contributed by atoms with Crippen LogP contribution in [0.4, 0.5) is 20.2 Å². The molecular formula is C44H50F2N8O6. The molecule has 1 atom stereocenters. The van der Waals surface area contributed by atoms with Gasteiger partial charge >= 0.3 is 0 Å². The van der Waals surface area contributed by atoms with Gasteiger partial charge in [0.25, 0.3) is 11.5 Å². The van der Waals surface area contributed by atoms with E-state index in [0.29, 0.717) is 54.7 Å². The van der Waals surface area contributed by atoms with Gasteiger partial charge in [0.15, 0.2) is 0 Å². The first-order chi connectivity index (χ1) is 28.7. The second kappa shape index (κ2) is 15.5. The quantitative estimate of drug-likeness (QED) is 0.205. The molecule has 14 nitrogen and oxygen atoms in total. The Morgan fingerprint density at radius 1 is 0.883 bits per heavy atom. The van der Waals surface area contributed by atoms with Gasteiger partial charge in [-0.05, 0) is 95.2 Å². The van der Waals surface area contributed by atoms with Crippen LogP contribution in [0.25, 0.3) is 10.9 Å². The normalized spacial score (nSPS) is 21.3. The van der Waals surface area contributed by atoms with Gasteiger partial charge in [-0.25, -0.2) is 8.78 Å². The van der Waals surface area contributed by atoms with E-state index in [4.69, 9.17) is 5.10 Å². The summed E-state index contributed by atoms with van der Waals surface area (Å²) in [6.45, 7) is 7.10. The summed E-state index contributed by atoms with van der Waals surface area (Å²) < 4.78 is 33.8. The minimum atomic E-state index is -1.29. The highest BCUT2D eigenvalue weighted by molar-refractivity contribution is 6.05. The molecule has 316 valence electrons. The van der Waals surface area contributed by atoms with Crippen molar-refractivity contribution < 1.29 is 33.1 Å². The van der Waals surface area contributed by atoms with Crippen molar-refractivity contribution in [1.82, 2.24) is 29.5 Å². The Morgan fingerprint density at radius 2 is 1.57 bits per heavy atom. The largest absolute Gasteiger partial charge is 0.386 e. The fraction of sp³-hybridized carbons (Fsp3) is 0.500. The number of hydrogen-bond acceptors (Lipinski definition) is 9.